The third-order valence-corrected chi connectivity index (χ3v) is 6.46. The van der Waals surface area contributed by atoms with E-state index in [-0.39, 0.29) is 29.6 Å². The van der Waals surface area contributed by atoms with Crippen molar-refractivity contribution in [1.29, 1.82) is 0 Å². The lowest BCUT2D eigenvalue weighted by Gasteiger charge is -2.34. The largest absolute Gasteiger partial charge is 0.497 e. The van der Waals surface area contributed by atoms with Crippen molar-refractivity contribution in [1.82, 2.24) is 9.80 Å². The number of rotatable bonds is 5. The first-order chi connectivity index (χ1) is 16.2. The van der Waals surface area contributed by atoms with Crippen LogP contribution in [0.1, 0.15) is 59.0 Å². The van der Waals surface area contributed by atoms with E-state index in [0.717, 1.165) is 29.0 Å². The van der Waals surface area contributed by atoms with E-state index in [1.807, 2.05) is 18.2 Å². The van der Waals surface area contributed by atoms with Crippen molar-refractivity contribution in [3.63, 3.8) is 0 Å². The molecule has 0 radical (unpaired) electrons. The van der Waals surface area contributed by atoms with Gasteiger partial charge >= 0.3 is 0 Å². The Balaban J connectivity index is 1.52. The quantitative estimate of drug-likeness (QED) is 0.640. The van der Waals surface area contributed by atoms with Crippen molar-refractivity contribution >= 4 is 23.3 Å². The van der Waals surface area contributed by atoms with Gasteiger partial charge in [-0.2, -0.15) is 0 Å². The first-order valence-corrected chi connectivity index (χ1v) is 11.6. The van der Waals surface area contributed by atoms with Crippen molar-refractivity contribution in [2.24, 2.45) is 4.99 Å². The van der Waals surface area contributed by atoms with Gasteiger partial charge in [0.2, 0.25) is 5.91 Å². The summed E-state index contributed by atoms with van der Waals surface area (Å²) in [5.74, 6) is 0.550. The lowest BCUT2D eigenvalue weighted by molar-refractivity contribution is -0.130. The Labute approximate surface area is 200 Å². The van der Waals surface area contributed by atoms with Crippen LogP contribution in [0.2, 0.25) is 0 Å². The Morgan fingerprint density at radius 1 is 0.971 bits per heavy atom. The van der Waals surface area contributed by atoms with Gasteiger partial charge in [-0.3, -0.25) is 19.4 Å². The van der Waals surface area contributed by atoms with Gasteiger partial charge in [-0.05, 0) is 50.1 Å². The highest BCUT2D eigenvalue weighted by atomic mass is 16.5. The highest BCUT2D eigenvalue weighted by molar-refractivity contribution is 6.17. The Morgan fingerprint density at radius 3 is 2.32 bits per heavy atom. The van der Waals surface area contributed by atoms with Crippen LogP contribution in [0.4, 0.5) is 0 Å². The predicted octanol–water partition coefficient (Wildman–Crippen LogP) is 3.40. The van der Waals surface area contributed by atoms with Crippen LogP contribution in [0.15, 0.2) is 47.5 Å². The molecular weight excluding hydrogens is 430 g/mol. The van der Waals surface area contributed by atoms with Crippen LogP contribution in [0, 0.1) is 0 Å². The van der Waals surface area contributed by atoms with Crippen LogP contribution < -0.4 is 4.74 Å². The summed E-state index contributed by atoms with van der Waals surface area (Å²) < 4.78 is 5.39. The molecule has 0 aliphatic carbocycles. The summed E-state index contributed by atoms with van der Waals surface area (Å²) in [7, 11) is 1.62. The molecule has 0 bridgehead atoms. The van der Waals surface area contributed by atoms with Gasteiger partial charge in [0.25, 0.3) is 5.91 Å². The summed E-state index contributed by atoms with van der Waals surface area (Å²) in [6.07, 6.45) is 0.948. The molecule has 0 N–H and O–H groups in total. The number of ketones is 1. The fraction of sp³-hybridized carbons (Fsp3) is 0.407. The maximum Gasteiger partial charge on any atom is 0.253 e. The van der Waals surface area contributed by atoms with Gasteiger partial charge in [-0.15, -0.1) is 0 Å². The van der Waals surface area contributed by atoms with Crippen LogP contribution >= 0.6 is 0 Å². The summed E-state index contributed by atoms with van der Waals surface area (Å²) in [5.41, 5.74) is 3.52. The van der Waals surface area contributed by atoms with Gasteiger partial charge in [0.05, 0.1) is 24.8 Å². The first-order valence-electron chi connectivity index (χ1n) is 11.6. The number of benzene rings is 2. The molecule has 2 aliphatic rings. The van der Waals surface area contributed by atoms with Gasteiger partial charge < -0.3 is 14.5 Å². The van der Waals surface area contributed by atoms with Gasteiger partial charge in [0.15, 0.2) is 5.78 Å². The standard InChI is InChI=1S/C27H31N3O4/c1-18(31)29-10-12-30(13-11-29)26(33)20-7-5-6-19(14-20)25(32)16-24-23-15-22(34-4)9-8-21(23)17-27(2,3)28-24/h5-9,14-15H,10-13,16-17H2,1-4H3. The number of hydrogen-bond donors (Lipinski definition) is 0. The Bertz CT molecular complexity index is 1160. The van der Waals surface area contributed by atoms with Crippen LogP contribution in [-0.4, -0.2) is 71.9 Å². The number of carbonyl (C=O) groups is 3. The maximum atomic E-state index is 13.3. The van der Waals surface area contributed by atoms with E-state index in [0.29, 0.717) is 37.3 Å². The van der Waals surface area contributed by atoms with Gasteiger partial charge in [-0.25, -0.2) is 0 Å². The number of aliphatic imine (C=N–C) groups is 1. The maximum absolute atomic E-state index is 13.3. The monoisotopic (exact) mass is 461 g/mol. The average Bonchev–Trinajstić information content (AvgIpc) is 2.82. The molecule has 2 heterocycles. The molecule has 178 valence electrons. The molecule has 7 nitrogen and oxygen atoms in total. The van der Waals surface area contributed by atoms with Crippen molar-refractivity contribution < 1.29 is 19.1 Å². The molecule has 0 atom stereocenters. The van der Waals surface area contributed by atoms with E-state index in [4.69, 9.17) is 9.73 Å². The lowest BCUT2D eigenvalue weighted by atomic mass is 9.85. The number of methoxy groups -OCH3 is 1. The van der Waals surface area contributed by atoms with Crippen molar-refractivity contribution in [2.75, 3.05) is 33.3 Å². The Kier molecular flexibility index (Phi) is 6.55. The number of piperazine rings is 1. The molecule has 1 saturated heterocycles. The fourth-order valence-electron chi connectivity index (χ4n) is 4.66. The average molecular weight is 462 g/mol. The highest BCUT2D eigenvalue weighted by Crippen LogP contribution is 2.31. The molecular formula is C27H31N3O4. The third-order valence-electron chi connectivity index (χ3n) is 6.46. The zero-order valence-electron chi connectivity index (χ0n) is 20.3. The van der Waals surface area contributed by atoms with Crippen LogP contribution in [0.5, 0.6) is 5.75 Å². The third kappa shape index (κ3) is 5.03. The lowest BCUT2D eigenvalue weighted by Crippen LogP contribution is -2.50. The molecule has 0 unspecified atom stereocenters. The second-order valence-corrected chi connectivity index (χ2v) is 9.55. The predicted molar refractivity (Wildman–Crippen MR) is 131 cm³/mol. The molecule has 2 amide bonds. The number of fused-ring (bicyclic) bond motifs is 1. The highest BCUT2D eigenvalue weighted by Gasteiger charge is 2.29. The van der Waals surface area contributed by atoms with E-state index in [9.17, 15) is 14.4 Å². The molecule has 0 saturated carbocycles. The molecule has 34 heavy (non-hydrogen) atoms. The van der Waals surface area contributed by atoms with Crippen LogP contribution in [0.3, 0.4) is 0 Å². The number of nitrogens with zero attached hydrogens (tertiary/aromatic N) is 3. The smallest absolute Gasteiger partial charge is 0.253 e. The summed E-state index contributed by atoms with van der Waals surface area (Å²) in [4.78, 5) is 46.2. The van der Waals surface area contributed by atoms with Gasteiger partial charge in [0.1, 0.15) is 5.75 Å². The van der Waals surface area contributed by atoms with E-state index < -0.39 is 0 Å². The number of amides is 2. The summed E-state index contributed by atoms with van der Waals surface area (Å²) in [6, 6.07) is 12.8. The molecule has 4 rings (SSSR count). The van der Waals surface area contributed by atoms with Gasteiger partial charge in [0, 0.05) is 49.8 Å². The minimum Gasteiger partial charge on any atom is -0.497 e. The zero-order valence-corrected chi connectivity index (χ0v) is 20.3. The van der Waals surface area contributed by atoms with Crippen molar-refractivity contribution in [3.8, 4) is 5.75 Å². The molecule has 2 aliphatic heterocycles. The fourth-order valence-corrected chi connectivity index (χ4v) is 4.66. The summed E-state index contributed by atoms with van der Waals surface area (Å²) in [5, 5.41) is 0. The number of Topliss-reactive ketones (excluding diaryl/α,β-unsaturated/α-hetero) is 1. The van der Waals surface area contributed by atoms with E-state index >= 15 is 0 Å². The molecule has 2 aromatic rings. The SMILES string of the molecule is COc1ccc2c(c1)C(CC(=O)c1cccc(C(=O)N3CCN(C(C)=O)CC3)c1)=NC(C)(C)C2. The van der Waals surface area contributed by atoms with E-state index in [1.54, 1.807) is 48.1 Å². The van der Waals surface area contributed by atoms with Gasteiger partial charge in [-0.1, -0.05) is 18.2 Å². The van der Waals surface area contributed by atoms with Crippen LogP contribution in [-0.2, 0) is 11.2 Å². The number of ether oxygens (including phenoxy) is 1. The van der Waals surface area contributed by atoms with Crippen LogP contribution in [0.25, 0.3) is 0 Å². The van der Waals surface area contributed by atoms with E-state index in [2.05, 4.69) is 13.8 Å². The zero-order chi connectivity index (χ0) is 24.5. The Hall–Kier alpha value is -3.48. The normalized spacial score (nSPS) is 17.0. The molecule has 0 aromatic heterocycles. The summed E-state index contributed by atoms with van der Waals surface area (Å²) >= 11 is 0. The summed E-state index contributed by atoms with van der Waals surface area (Å²) in [6.45, 7) is 7.70. The molecule has 7 heteroatoms. The minimum absolute atomic E-state index is 0.0210. The second kappa shape index (κ2) is 9.41. The Morgan fingerprint density at radius 2 is 1.65 bits per heavy atom. The molecule has 0 spiro atoms. The van der Waals surface area contributed by atoms with Crippen molar-refractivity contribution in [3.05, 3.63) is 64.7 Å². The minimum atomic E-state index is -0.295. The topological polar surface area (TPSA) is 79.3 Å². The van der Waals surface area contributed by atoms with E-state index in [1.165, 1.54) is 0 Å². The first kappa shape index (κ1) is 23.7. The molecule has 2 aromatic carbocycles. The number of carbonyl (C=O) groups excluding carboxylic acids is 3. The molecule has 1 fully saturated rings. The van der Waals surface area contributed by atoms with Crippen molar-refractivity contribution in [2.45, 2.75) is 39.2 Å². The second-order valence-electron chi connectivity index (χ2n) is 9.55. The number of hydrogen-bond acceptors (Lipinski definition) is 5.